The van der Waals surface area contributed by atoms with Gasteiger partial charge in [0.15, 0.2) is 16.7 Å². The summed E-state index contributed by atoms with van der Waals surface area (Å²) < 4.78 is 11.7. The van der Waals surface area contributed by atoms with E-state index in [1.54, 1.807) is 31.4 Å². The van der Waals surface area contributed by atoms with Gasteiger partial charge in [0.25, 0.3) is 5.91 Å². The normalized spacial score (nSPS) is 16.5. The van der Waals surface area contributed by atoms with E-state index in [2.05, 4.69) is 26.2 Å². The van der Waals surface area contributed by atoms with Crippen molar-refractivity contribution in [3.63, 3.8) is 0 Å². The molecule has 0 bridgehead atoms. The van der Waals surface area contributed by atoms with Crippen LogP contribution < -0.4 is 14.8 Å². The lowest BCUT2D eigenvalue weighted by Gasteiger charge is -2.12. The number of hydrogen-bond acceptors (Lipinski definition) is 5. The highest BCUT2D eigenvalue weighted by atomic mass is 79.9. The monoisotopic (exact) mass is 500 g/mol. The SMILES string of the molecule is CCOc1cc(/C=C2/SC(=Nc3cccc(Cl)c3Cl)NC2=O)cc(Br)c1OC. The molecule has 1 N–H and O–H groups in total. The van der Waals surface area contributed by atoms with Crippen molar-refractivity contribution >= 4 is 73.7 Å². The predicted molar refractivity (Wildman–Crippen MR) is 119 cm³/mol. The van der Waals surface area contributed by atoms with E-state index < -0.39 is 0 Å². The third-order valence-electron chi connectivity index (χ3n) is 3.64. The van der Waals surface area contributed by atoms with Crippen LogP contribution in [-0.4, -0.2) is 24.8 Å². The Morgan fingerprint density at radius 2 is 2.11 bits per heavy atom. The van der Waals surface area contributed by atoms with E-state index in [1.807, 2.05) is 19.1 Å². The number of carbonyl (C=O) groups is 1. The number of nitrogens with one attached hydrogen (secondary N) is 1. The summed E-state index contributed by atoms with van der Waals surface area (Å²) in [5.41, 5.74) is 1.28. The third-order valence-corrected chi connectivity index (χ3v) is 5.95. The molecule has 0 spiro atoms. The second-order valence-corrected chi connectivity index (χ2v) is 8.19. The Kier molecular flexibility index (Phi) is 6.93. The van der Waals surface area contributed by atoms with Crippen molar-refractivity contribution in [3.05, 3.63) is 55.3 Å². The Bertz CT molecular complexity index is 995. The zero-order valence-electron chi connectivity index (χ0n) is 14.9. The van der Waals surface area contributed by atoms with Crippen molar-refractivity contribution in [2.45, 2.75) is 6.92 Å². The highest BCUT2D eigenvalue weighted by molar-refractivity contribution is 9.10. The van der Waals surface area contributed by atoms with Crippen LogP contribution in [0.2, 0.25) is 10.0 Å². The van der Waals surface area contributed by atoms with Gasteiger partial charge in [-0.1, -0.05) is 29.3 Å². The minimum atomic E-state index is -0.244. The second-order valence-electron chi connectivity index (χ2n) is 5.52. The number of carbonyl (C=O) groups excluding carboxylic acids is 1. The molecule has 0 unspecified atom stereocenters. The van der Waals surface area contributed by atoms with E-state index in [0.29, 0.717) is 43.9 Å². The predicted octanol–water partition coefficient (Wildman–Crippen LogP) is 6.05. The highest BCUT2D eigenvalue weighted by Crippen LogP contribution is 2.38. The van der Waals surface area contributed by atoms with Crippen LogP contribution in [0, 0.1) is 0 Å². The van der Waals surface area contributed by atoms with E-state index in [-0.39, 0.29) is 5.91 Å². The topological polar surface area (TPSA) is 59.9 Å². The number of halogens is 3. The summed E-state index contributed by atoms with van der Waals surface area (Å²) in [7, 11) is 1.57. The number of rotatable bonds is 5. The summed E-state index contributed by atoms with van der Waals surface area (Å²) in [4.78, 5) is 17.2. The summed E-state index contributed by atoms with van der Waals surface area (Å²) in [6.07, 6.45) is 1.76. The van der Waals surface area contributed by atoms with Crippen LogP contribution in [0.4, 0.5) is 5.69 Å². The Morgan fingerprint density at radius 1 is 1.32 bits per heavy atom. The number of amides is 1. The second kappa shape index (κ2) is 9.22. The Hall–Kier alpha value is -1.67. The lowest BCUT2D eigenvalue weighted by molar-refractivity contribution is -0.115. The van der Waals surface area contributed by atoms with E-state index in [9.17, 15) is 4.79 Å². The van der Waals surface area contributed by atoms with Crippen LogP contribution in [0.5, 0.6) is 11.5 Å². The number of amidine groups is 1. The summed E-state index contributed by atoms with van der Waals surface area (Å²) in [5, 5.41) is 3.90. The first kappa shape index (κ1) is 21.0. The highest BCUT2D eigenvalue weighted by Gasteiger charge is 2.24. The minimum absolute atomic E-state index is 0.244. The van der Waals surface area contributed by atoms with E-state index in [0.717, 1.165) is 10.0 Å². The van der Waals surface area contributed by atoms with Gasteiger partial charge in [0.1, 0.15) is 0 Å². The van der Waals surface area contributed by atoms with Gasteiger partial charge in [-0.05, 0) is 70.5 Å². The first-order chi connectivity index (χ1) is 13.4. The summed E-state index contributed by atoms with van der Waals surface area (Å²) in [6, 6.07) is 8.82. The Labute approximate surface area is 185 Å². The van der Waals surface area contributed by atoms with Gasteiger partial charge in [0, 0.05) is 0 Å². The Morgan fingerprint density at radius 3 is 2.82 bits per heavy atom. The molecule has 0 aliphatic carbocycles. The average molecular weight is 502 g/mol. The first-order valence-electron chi connectivity index (χ1n) is 8.16. The van der Waals surface area contributed by atoms with Gasteiger partial charge in [-0.3, -0.25) is 4.79 Å². The number of hydrogen-bond donors (Lipinski definition) is 1. The van der Waals surface area contributed by atoms with Crippen LogP contribution in [0.1, 0.15) is 12.5 Å². The van der Waals surface area contributed by atoms with Gasteiger partial charge in [-0.2, -0.15) is 0 Å². The van der Waals surface area contributed by atoms with Gasteiger partial charge in [0.2, 0.25) is 0 Å². The van der Waals surface area contributed by atoms with Crippen molar-refractivity contribution < 1.29 is 14.3 Å². The molecule has 3 rings (SSSR count). The molecule has 146 valence electrons. The molecule has 1 fully saturated rings. The van der Waals surface area contributed by atoms with E-state index in [4.69, 9.17) is 32.7 Å². The number of thioether (sulfide) groups is 1. The molecular formula is C19H15BrCl2N2O3S. The van der Waals surface area contributed by atoms with Crippen LogP contribution in [0.3, 0.4) is 0 Å². The quantitative estimate of drug-likeness (QED) is 0.506. The van der Waals surface area contributed by atoms with Gasteiger partial charge < -0.3 is 14.8 Å². The molecule has 9 heteroatoms. The van der Waals surface area contributed by atoms with Gasteiger partial charge >= 0.3 is 0 Å². The molecule has 2 aromatic carbocycles. The zero-order valence-corrected chi connectivity index (χ0v) is 18.8. The summed E-state index contributed by atoms with van der Waals surface area (Å²) in [6.45, 7) is 2.39. The lowest BCUT2D eigenvalue weighted by atomic mass is 10.2. The van der Waals surface area contributed by atoms with Crippen molar-refractivity contribution in [1.82, 2.24) is 5.32 Å². The van der Waals surface area contributed by atoms with Gasteiger partial charge in [-0.25, -0.2) is 4.99 Å². The molecule has 1 amide bonds. The fourth-order valence-electron chi connectivity index (χ4n) is 2.45. The lowest BCUT2D eigenvalue weighted by Crippen LogP contribution is -2.19. The number of ether oxygens (including phenoxy) is 2. The number of benzene rings is 2. The zero-order chi connectivity index (χ0) is 20.3. The van der Waals surface area contributed by atoms with Gasteiger partial charge in [0.05, 0.1) is 38.8 Å². The average Bonchev–Trinajstić information content (AvgIpc) is 2.98. The third kappa shape index (κ3) is 4.66. The number of methoxy groups -OCH3 is 1. The molecule has 5 nitrogen and oxygen atoms in total. The maximum atomic E-state index is 12.3. The summed E-state index contributed by atoms with van der Waals surface area (Å²) in [5.74, 6) is 0.950. The van der Waals surface area contributed by atoms with Crippen LogP contribution in [-0.2, 0) is 4.79 Å². The minimum Gasteiger partial charge on any atom is -0.492 e. The van der Waals surface area contributed by atoms with Crippen LogP contribution in [0.15, 0.2) is 44.7 Å². The molecule has 1 aliphatic rings. The van der Waals surface area contributed by atoms with Crippen molar-refractivity contribution in [2.24, 2.45) is 4.99 Å². The molecular weight excluding hydrogens is 487 g/mol. The van der Waals surface area contributed by atoms with Crippen molar-refractivity contribution in [2.75, 3.05) is 13.7 Å². The smallest absolute Gasteiger partial charge is 0.264 e. The number of aliphatic imine (C=N–C) groups is 1. The van der Waals surface area contributed by atoms with E-state index in [1.165, 1.54) is 11.8 Å². The molecule has 0 atom stereocenters. The first-order valence-corrected chi connectivity index (χ1v) is 10.5. The molecule has 0 radical (unpaired) electrons. The van der Waals surface area contributed by atoms with Crippen molar-refractivity contribution in [3.8, 4) is 11.5 Å². The fraction of sp³-hybridized carbons (Fsp3) is 0.158. The number of nitrogens with zero attached hydrogens (tertiary/aromatic N) is 1. The maximum Gasteiger partial charge on any atom is 0.264 e. The van der Waals surface area contributed by atoms with Crippen molar-refractivity contribution in [1.29, 1.82) is 0 Å². The molecule has 1 saturated heterocycles. The molecule has 0 aromatic heterocycles. The standard InChI is InChI=1S/C19H15BrCl2N2O3S/c1-3-27-14-8-10(7-11(20)17(14)26-2)9-15-18(25)24-19(28-15)23-13-6-4-5-12(21)16(13)22/h4-9H,3H2,1-2H3,(H,23,24,25)/b15-9+. The molecule has 28 heavy (non-hydrogen) atoms. The molecule has 2 aromatic rings. The maximum absolute atomic E-state index is 12.3. The molecule has 1 aliphatic heterocycles. The van der Waals surface area contributed by atoms with Gasteiger partial charge in [-0.15, -0.1) is 0 Å². The van der Waals surface area contributed by atoms with E-state index >= 15 is 0 Å². The largest absolute Gasteiger partial charge is 0.492 e. The molecule has 1 heterocycles. The fourth-order valence-corrected chi connectivity index (χ4v) is 4.25. The Balaban J connectivity index is 1.91. The van der Waals surface area contributed by atoms with Crippen LogP contribution in [0.25, 0.3) is 6.08 Å². The van der Waals surface area contributed by atoms with Crippen LogP contribution >= 0.6 is 50.9 Å². The summed E-state index contributed by atoms with van der Waals surface area (Å²) >= 11 is 16.9. The molecule has 0 saturated carbocycles.